The Bertz CT molecular complexity index is 347. The molecule has 2 heteroatoms. The molecule has 0 radical (unpaired) electrons. The quantitative estimate of drug-likeness (QED) is 0.529. The van der Waals surface area contributed by atoms with Gasteiger partial charge in [0.05, 0.1) is 10.0 Å². The van der Waals surface area contributed by atoms with Gasteiger partial charge in [0.1, 0.15) is 0 Å². The number of rotatable bonds is 4. The Morgan fingerprint density at radius 3 is 1.80 bits per heavy atom. The second kappa shape index (κ2) is 12.5. The molecule has 0 aliphatic carbocycles. The fourth-order valence-electron chi connectivity index (χ4n) is 1.95. The largest absolute Gasteiger partial charge is 0.0827 e. The van der Waals surface area contributed by atoms with E-state index in [9.17, 15) is 0 Å². The third-order valence-corrected chi connectivity index (χ3v) is 3.94. The Morgan fingerprint density at radius 2 is 1.45 bits per heavy atom. The van der Waals surface area contributed by atoms with E-state index in [1.165, 1.54) is 24.8 Å². The van der Waals surface area contributed by atoms with Crippen LogP contribution in [-0.2, 0) is 5.41 Å². The minimum absolute atomic E-state index is 0.225. The van der Waals surface area contributed by atoms with Gasteiger partial charge in [0, 0.05) is 0 Å². The van der Waals surface area contributed by atoms with Crippen molar-refractivity contribution in [1.29, 1.82) is 0 Å². The number of benzene rings is 1. The molecule has 0 aliphatic rings. The predicted octanol–water partition coefficient (Wildman–Crippen LogP) is 7.90. The standard InChI is InChI=1S/C13H18Cl2.C3H8.C2H6/c1-4-8-13(3,5-2)10-6-7-11(14)12(15)9-10;1-3-2;1-2/h6-7,9H,4-5,8H2,1-3H3;3H2,1-2H3;1-2H3/t13-;;/m0../s1. The second-order valence-corrected chi connectivity index (χ2v) is 5.81. The van der Waals surface area contributed by atoms with E-state index in [4.69, 9.17) is 23.2 Å². The lowest BCUT2D eigenvalue weighted by atomic mass is 9.76. The molecule has 0 nitrogen and oxygen atoms in total. The van der Waals surface area contributed by atoms with Crippen LogP contribution < -0.4 is 0 Å². The normalized spacial score (nSPS) is 12.4. The molecule has 1 rings (SSSR count). The fourth-order valence-corrected chi connectivity index (χ4v) is 2.25. The molecule has 0 aliphatic heterocycles. The molecule has 0 amide bonds. The summed E-state index contributed by atoms with van der Waals surface area (Å²) in [6, 6.07) is 5.99. The average molecular weight is 319 g/mol. The van der Waals surface area contributed by atoms with Gasteiger partial charge in [-0.1, -0.05) is 90.6 Å². The van der Waals surface area contributed by atoms with Gasteiger partial charge >= 0.3 is 0 Å². The van der Waals surface area contributed by atoms with Gasteiger partial charge in [0.2, 0.25) is 0 Å². The smallest absolute Gasteiger partial charge is 0.0595 e. The summed E-state index contributed by atoms with van der Waals surface area (Å²) >= 11 is 12.0. The van der Waals surface area contributed by atoms with Gasteiger partial charge in [-0.3, -0.25) is 0 Å². The minimum Gasteiger partial charge on any atom is -0.0827 e. The van der Waals surface area contributed by atoms with Crippen LogP contribution in [0.1, 0.15) is 79.7 Å². The molecular weight excluding hydrogens is 287 g/mol. The molecule has 0 saturated heterocycles. The molecule has 118 valence electrons. The van der Waals surface area contributed by atoms with Crippen molar-refractivity contribution in [3.63, 3.8) is 0 Å². The van der Waals surface area contributed by atoms with Gasteiger partial charge in [-0.25, -0.2) is 0 Å². The SMILES string of the molecule is CC.CCC.CCC[C@](C)(CC)c1ccc(Cl)c(Cl)c1. The van der Waals surface area contributed by atoms with E-state index in [-0.39, 0.29) is 5.41 Å². The third-order valence-electron chi connectivity index (χ3n) is 3.20. The summed E-state index contributed by atoms with van der Waals surface area (Å²) in [7, 11) is 0. The molecule has 0 heterocycles. The van der Waals surface area contributed by atoms with Gasteiger partial charge in [-0.05, 0) is 36.0 Å². The Kier molecular flexibility index (Phi) is 13.8. The Labute approximate surface area is 136 Å². The highest BCUT2D eigenvalue weighted by atomic mass is 35.5. The topological polar surface area (TPSA) is 0 Å². The zero-order valence-corrected chi connectivity index (χ0v) is 15.8. The number of hydrogen-bond acceptors (Lipinski definition) is 0. The van der Waals surface area contributed by atoms with E-state index in [1.807, 2.05) is 26.0 Å². The molecule has 0 N–H and O–H groups in total. The van der Waals surface area contributed by atoms with Crippen LogP contribution >= 0.6 is 23.2 Å². The van der Waals surface area contributed by atoms with Gasteiger partial charge in [0.15, 0.2) is 0 Å². The molecule has 20 heavy (non-hydrogen) atoms. The van der Waals surface area contributed by atoms with Crippen molar-refractivity contribution >= 4 is 23.2 Å². The highest BCUT2D eigenvalue weighted by molar-refractivity contribution is 6.42. The summed E-state index contributed by atoms with van der Waals surface area (Å²) in [5.41, 5.74) is 1.52. The van der Waals surface area contributed by atoms with E-state index in [2.05, 4.69) is 40.7 Å². The first-order chi connectivity index (χ1) is 9.45. The maximum Gasteiger partial charge on any atom is 0.0595 e. The van der Waals surface area contributed by atoms with E-state index in [0.29, 0.717) is 10.0 Å². The average Bonchev–Trinajstić information content (AvgIpc) is 2.45. The van der Waals surface area contributed by atoms with Gasteiger partial charge in [-0.2, -0.15) is 0 Å². The van der Waals surface area contributed by atoms with Crippen LogP contribution in [0.5, 0.6) is 0 Å². The Balaban J connectivity index is 0. The third kappa shape index (κ3) is 7.55. The summed E-state index contributed by atoms with van der Waals surface area (Å²) in [6.45, 7) is 15.0. The molecule has 0 spiro atoms. The Morgan fingerprint density at radius 1 is 0.950 bits per heavy atom. The van der Waals surface area contributed by atoms with E-state index in [0.717, 1.165) is 6.42 Å². The molecule has 0 saturated carbocycles. The molecule has 0 aromatic heterocycles. The molecule has 1 atom stereocenters. The van der Waals surface area contributed by atoms with Crippen LogP contribution in [0.25, 0.3) is 0 Å². The molecular formula is C18H32Cl2. The Hall–Kier alpha value is -0.200. The molecule has 0 fully saturated rings. The number of halogens is 2. The van der Waals surface area contributed by atoms with Crippen molar-refractivity contribution < 1.29 is 0 Å². The molecule has 1 aromatic rings. The predicted molar refractivity (Wildman–Crippen MR) is 96.3 cm³/mol. The lowest BCUT2D eigenvalue weighted by Gasteiger charge is -2.28. The van der Waals surface area contributed by atoms with Crippen molar-refractivity contribution in [3.05, 3.63) is 33.8 Å². The molecule has 1 aromatic carbocycles. The van der Waals surface area contributed by atoms with Crippen LogP contribution in [0.2, 0.25) is 10.0 Å². The van der Waals surface area contributed by atoms with Gasteiger partial charge < -0.3 is 0 Å². The van der Waals surface area contributed by atoms with Crippen LogP contribution in [-0.4, -0.2) is 0 Å². The summed E-state index contributed by atoms with van der Waals surface area (Å²) < 4.78 is 0. The van der Waals surface area contributed by atoms with Crippen molar-refractivity contribution in [2.24, 2.45) is 0 Å². The molecule has 0 bridgehead atoms. The van der Waals surface area contributed by atoms with E-state index < -0.39 is 0 Å². The highest BCUT2D eigenvalue weighted by Crippen LogP contribution is 2.35. The van der Waals surface area contributed by atoms with E-state index >= 15 is 0 Å². The van der Waals surface area contributed by atoms with E-state index in [1.54, 1.807) is 0 Å². The summed E-state index contributed by atoms with van der Waals surface area (Å²) in [4.78, 5) is 0. The zero-order valence-electron chi connectivity index (χ0n) is 14.3. The zero-order chi connectivity index (χ0) is 16.2. The van der Waals surface area contributed by atoms with Crippen LogP contribution in [0.4, 0.5) is 0 Å². The maximum atomic E-state index is 6.05. The second-order valence-electron chi connectivity index (χ2n) is 5.00. The van der Waals surface area contributed by atoms with Crippen molar-refractivity contribution in [1.82, 2.24) is 0 Å². The maximum absolute atomic E-state index is 6.05. The fraction of sp³-hybridized carbons (Fsp3) is 0.667. The van der Waals surface area contributed by atoms with Gasteiger partial charge in [-0.15, -0.1) is 0 Å². The first-order valence-corrected chi connectivity index (χ1v) is 8.66. The van der Waals surface area contributed by atoms with Gasteiger partial charge in [0.25, 0.3) is 0 Å². The van der Waals surface area contributed by atoms with Crippen LogP contribution in [0.3, 0.4) is 0 Å². The highest BCUT2D eigenvalue weighted by Gasteiger charge is 2.23. The van der Waals surface area contributed by atoms with Crippen molar-refractivity contribution in [2.75, 3.05) is 0 Å². The minimum atomic E-state index is 0.225. The van der Waals surface area contributed by atoms with Crippen molar-refractivity contribution in [2.45, 2.75) is 79.6 Å². The first kappa shape index (κ1) is 22.1. The molecule has 0 unspecified atom stereocenters. The summed E-state index contributed by atoms with van der Waals surface area (Å²) in [5.74, 6) is 0. The van der Waals surface area contributed by atoms with Crippen LogP contribution in [0, 0.1) is 0 Å². The first-order valence-electron chi connectivity index (χ1n) is 7.90. The van der Waals surface area contributed by atoms with Crippen LogP contribution in [0.15, 0.2) is 18.2 Å². The lowest BCUT2D eigenvalue weighted by Crippen LogP contribution is -2.20. The summed E-state index contributed by atoms with van der Waals surface area (Å²) in [6.07, 6.45) is 4.74. The monoisotopic (exact) mass is 318 g/mol. The lowest BCUT2D eigenvalue weighted by molar-refractivity contribution is 0.414. The number of hydrogen-bond donors (Lipinski definition) is 0. The summed E-state index contributed by atoms with van der Waals surface area (Å²) in [5, 5.41) is 1.29. The van der Waals surface area contributed by atoms with Crippen molar-refractivity contribution in [3.8, 4) is 0 Å².